The van der Waals surface area contributed by atoms with Crippen LogP contribution < -0.4 is 5.73 Å². The van der Waals surface area contributed by atoms with E-state index in [9.17, 15) is 14.4 Å². The van der Waals surface area contributed by atoms with E-state index in [1.165, 1.54) is 9.80 Å². The summed E-state index contributed by atoms with van der Waals surface area (Å²) in [5.74, 6) is -0.669. The molecule has 2 unspecified atom stereocenters. The molecule has 0 saturated carbocycles. The lowest BCUT2D eigenvalue weighted by atomic mass is 10.1. The number of primary amides is 1. The van der Waals surface area contributed by atoms with Crippen molar-refractivity contribution in [3.05, 3.63) is 0 Å². The summed E-state index contributed by atoms with van der Waals surface area (Å²) in [5.41, 5.74) is 4.76. The molecule has 0 aromatic rings. The predicted octanol–water partition coefficient (Wildman–Crippen LogP) is 0.862. The van der Waals surface area contributed by atoms with Crippen molar-refractivity contribution in [2.45, 2.75) is 64.1 Å². The van der Waals surface area contributed by atoms with Crippen molar-refractivity contribution in [3.8, 4) is 0 Å². The van der Waals surface area contributed by atoms with Gasteiger partial charge >= 0.3 is 6.09 Å². The van der Waals surface area contributed by atoms with E-state index in [1.54, 1.807) is 20.8 Å². The van der Waals surface area contributed by atoms with E-state index < -0.39 is 29.7 Å². The number of amides is 3. The maximum atomic E-state index is 12.7. The first kappa shape index (κ1) is 16.6. The van der Waals surface area contributed by atoms with Crippen LogP contribution in [0.5, 0.6) is 0 Å². The summed E-state index contributed by atoms with van der Waals surface area (Å²) in [4.78, 5) is 39.4. The van der Waals surface area contributed by atoms with Crippen LogP contribution in [-0.4, -0.2) is 58.5 Å². The van der Waals surface area contributed by atoms with Gasteiger partial charge in [-0.15, -0.1) is 0 Å². The van der Waals surface area contributed by atoms with E-state index in [-0.39, 0.29) is 5.91 Å². The van der Waals surface area contributed by atoms with Gasteiger partial charge in [-0.05, 0) is 46.5 Å². The fraction of sp³-hybridized carbons (Fsp3) is 0.800. The highest BCUT2D eigenvalue weighted by Crippen LogP contribution is 2.26. The standard InChI is InChI=1S/C15H25N3O4/c1-15(2,3)22-14(21)18-9-5-7-11(18)13(20)17-8-4-6-10(17)12(16)19/h10-11H,4-9H2,1-3H3,(H2,16,19). The van der Waals surface area contributed by atoms with Crippen LogP contribution in [0.4, 0.5) is 4.79 Å². The summed E-state index contributed by atoms with van der Waals surface area (Å²) < 4.78 is 5.36. The third-order valence-corrected chi connectivity index (χ3v) is 4.03. The molecule has 2 atom stereocenters. The summed E-state index contributed by atoms with van der Waals surface area (Å²) in [7, 11) is 0. The SMILES string of the molecule is CC(C)(C)OC(=O)N1CCCC1C(=O)N1CCCC1C(N)=O. The quantitative estimate of drug-likeness (QED) is 0.818. The van der Waals surface area contributed by atoms with Crippen LogP contribution in [0.25, 0.3) is 0 Å². The van der Waals surface area contributed by atoms with Gasteiger partial charge in [0.1, 0.15) is 17.7 Å². The Morgan fingerprint density at radius 3 is 2.09 bits per heavy atom. The second-order valence-corrected chi connectivity index (χ2v) is 6.92. The number of nitrogens with zero attached hydrogens (tertiary/aromatic N) is 2. The van der Waals surface area contributed by atoms with Crippen molar-refractivity contribution in [2.75, 3.05) is 13.1 Å². The van der Waals surface area contributed by atoms with Gasteiger partial charge in [0.25, 0.3) is 0 Å². The fourth-order valence-electron chi connectivity index (χ4n) is 3.08. The summed E-state index contributed by atoms with van der Waals surface area (Å²) in [6.07, 6.45) is 2.24. The number of nitrogens with two attached hydrogens (primary N) is 1. The van der Waals surface area contributed by atoms with E-state index in [0.29, 0.717) is 25.9 Å². The highest BCUT2D eigenvalue weighted by atomic mass is 16.6. The lowest BCUT2D eigenvalue weighted by Crippen LogP contribution is -2.52. The first-order valence-electron chi connectivity index (χ1n) is 7.80. The summed E-state index contributed by atoms with van der Waals surface area (Å²) in [6.45, 7) is 6.40. The molecule has 0 radical (unpaired) electrons. The summed E-state index contributed by atoms with van der Waals surface area (Å²) in [5, 5.41) is 0. The van der Waals surface area contributed by atoms with Gasteiger partial charge in [-0.3, -0.25) is 14.5 Å². The molecule has 0 aromatic heterocycles. The van der Waals surface area contributed by atoms with Gasteiger partial charge in [-0.25, -0.2) is 4.79 Å². The van der Waals surface area contributed by atoms with Crippen LogP contribution in [0.2, 0.25) is 0 Å². The monoisotopic (exact) mass is 311 g/mol. The first-order chi connectivity index (χ1) is 10.2. The molecular weight excluding hydrogens is 286 g/mol. The number of likely N-dealkylation sites (tertiary alicyclic amines) is 2. The van der Waals surface area contributed by atoms with Crippen LogP contribution in [0.1, 0.15) is 46.5 Å². The average molecular weight is 311 g/mol. The second-order valence-electron chi connectivity index (χ2n) is 6.92. The molecule has 3 amide bonds. The Hall–Kier alpha value is -1.79. The molecule has 7 nitrogen and oxygen atoms in total. The number of rotatable bonds is 2. The third kappa shape index (κ3) is 3.51. The van der Waals surface area contributed by atoms with Gasteiger partial charge in [0.15, 0.2) is 0 Å². The van der Waals surface area contributed by atoms with Gasteiger partial charge in [-0.1, -0.05) is 0 Å². The lowest BCUT2D eigenvalue weighted by molar-refractivity contribution is -0.140. The zero-order valence-corrected chi connectivity index (χ0v) is 13.5. The number of ether oxygens (including phenoxy) is 1. The molecule has 2 heterocycles. The Balaban J connectivity index is 2.08. The normalized spacial score (nSPS) is 25.4. The third-order valence-electron chi connectivity index (χ3n) is 4.03. The van der Waals surface area contributed by atoms with E-state index in [2.05, 4.69) is 0 Å². The molecule has 0 aliphatic carbocycles. The molecule has 2 fully saturated rings. The highest BCUT2D eigenvalue weighted by Gasteiger charge is 2.42. The number of hydrogen-bond donors (Lipinski definition) is 1. The maximum Gasteiger partial charge on any atom is 0.410 e. The van der Waals surface area contributed by atoms with Crippen LogP contribution in [0, 0.1) is 0 Å². The average Bonchev–Trinajstić information content (AvgIpc) is 3.05. The van der Waals surface area contributed by atoms with Crippen LogP contribution in [0.3, 0.4) is 0 Å². The molecule has 2 aliphatic rings. The predicted molar refractivity (Wildman–Crippen MR) is 79.9 cm³/mol. The molecule has 0 spiro atoms. The largest absolute Gasteiger partial charge is 0.444 e. The minimum Gasteiger partial charge on any atom is -0.444 e. The molecule has 2 N–H and O–H groups in total. The zero-order valence-electron chi connectivity index (χ0n) is 13.5. The molecular formula is C15H25N3O4. The highest BCUT2D eigenvalue weighted by molar-refractivity contribution is 5.91. The molecule has 2 saturated heterocycles. The Morgan fingerprint density at radius 2 is 1.55 bits per heavy atom. The Labute approximate surface area is 130 Å². The molecule has 124 valence electrons. The van der Waals surface area contributed by atoms with Crippen molar-refractivity contribution in [3.63, 3.8) is 0 Å². The van der Waals surface area contributed by atoms with Crippen LogP contribution in [0.15, 0.2) is 0 Å². The van der Waals surface area contributed by atoms with Gasteiger partial charge in [0.2, 0.25) is 11.8 Å². The van der Waals surface area contributed by atoms with Crippen molar-refractivity contribution in [2.24, 2.45) is 5.73 Å². The van der Waals surface area contributed by atoms with Gasteiger partial charge in [0.05, 0.1) is 0 Å². The van der Waals surface area contributed by atoms with Gasteiger partial charge < -0.3 is 15.4 Å². The van der Waals surface area contributed by atoms with E-state index >= 15 is 0 Å². The Morgan fingerprint density at radius 1 is 1.00 bits per heavy atom. The van der Waals surface area contributed by atoms with Crippen LogP contribution in [-0.2, 0) is 14.3 Å². The van der Waals surface area contributed by atoms with Gasteiger partial charge in [-0.2, -0.15) is 0 Å². The van der Waals surface area contributed by atoms with E-state index in [4.69, 9.17) is 10.5 Å². The minimum absolute atomic E-state index is 0.190. The number of hydrogen-bond acceptors (Lipinski definition) is 4. The van der Waals surface area contributed by atoms with E-state index in [1.807, 2.05) is 0 Å². The maximum absolute atomic E-state index is 12.7. The Kier molecular flexibility index (Phi) is 4.63. The summed E-state index contributed by atoms with van der Waals surface area (Å²) in [6, 6.07) is -1.09. The molecule has 0 bridgehead atoms. The lowest BCUT2D eigenvalue weighted by Gasteiger charge is -2.31. The molecule has 22 heavy (non-hydrogen) atoms. The van der Waals surface area contributed by atoms with Crippen molar-refractivity contribution in [1.82, 2.24) is 9.80 Å². The number of carbonyl (C=O) groups excluding carboxylic acids is 3. The zero-order chi connectivity index (χ0) is 16.5. The van der Waals surface area contributed by atoms with Gasteiger partial charge in [0, 0.05) is 13.1 Å². The smallest absolute Gasteiger partial charge is 0.410 e. The molecule has 2 rings (SSSR count). The van der Waals surface area contributed by atoms with E-state index in [0.717, 1.165) is 12.8 Å². The van der Waals surface area contributed by atoms with Crippen molar-refractivity contribution < 1.29 is 19.1 Å². The summed E-state index contributed by atoms with van der Waals surface area (Å²) >= 11 is 0. The number of carbonyl (C=O) groups is 3. The topological polar surface area (TPSA) is 92.9 Å². The molecule has 0 aromatic carbocycles. The van der Waals surface area contributed by atoms with Crippen molar-refractivity contribution in [1.29, 1.82) is 0 Å². The Bertz CT molecular complexity index is 472. The van der Waals surface area contributed by atoms with Crippen molar-refractivity contribution >= 4 is 17.9 Å². The molecule has 2 aliphatic heterocycles. The van der Waals surface area contributed by atoms with Crippen LogP contribution >= 0.6 is 0 Å². The fourth-order valence-corrected chi connectivity index (χ4v) is 3.08. The second kappa shape index (κ2) is 6.14. The first-order valence-corrected chi connectivity index (χ1v) is 7.80. The minimum atomic E-state index is -0.601. The molecule has 7 heteroatoms.